The van der Waals surface area contributed by atoms with Crippen LogP contribution in [-0.2, 0) is 29.1 Å². The lowest BCUT2D eigenvalue weighted by atomic mass is 10.0. The van der Waals surface area contributed by atoms with Crippen molar-refractivity contribution >= 4 is 55.9 Å². The normalized spacial score (nSPS) is 25.0. The van der Waals surface area contributed by atoms with Crippen LogP contribution in [0.2, 0.25) is 0 Å². The molecule has 0 unspecified atom stereocenters. The van der Waals surface area contributed by atoms with Crippen LogP contribution in [0.15, 0.2) is 59.0 Å². The van der Waals surface area contributed by atoms with Gasteiger partial charge in [-0.15, -0.1) is 0 Å². The first kappa shape index (κ1) is 43.9. The summed E-state index contributed by atoms with van der Waals surface area (Å²) in [7, 11) is -3.95. The van der Waals surface area contributed by atoms with Gasteiger partial charge in [-0.05, 0) is 110 Å². The van der Waals surface area contributed by atoms with Gasteiger partial charge in [-0.25, -0.2) is 22.6 Å². The third kappa shape index (κ3) is 9.75. The summed E-state index contributed by atoms with van der Waals surface area (Å²) >= 11 is 0. The van der Waals surface area contributed by atoms with Crippen molar-refractivity contribution in [3.8, 4) is 23.0 Å². The van der Waals surface area contributed by atoms with Crippen LogP contribution >= 0.6 is 0 Å². The van der Waals surface area contributed by atoms with Crippen molar-refractivity contribution in [3.63, 3.8) is 0 Å². The standard InChI is InChI=1S/C45H53FN6O10S/c1-25(2)59-29-16-13-26(14-17-29)38-48-36-32-20-15-28(46)21-35(32)61-37(36)40(49-38)60-30-22-34-39(53)50-45(42(55)51-63(57,58)31-18-19-31)23-27(45)11-9-7-6-8-10-12-33(41(54)52(34)24-30)47-43(56)62-44(3,4)5/h9,11,13-17,20-21,25,27,30-31,33-34H,6-8,10,12,18-19,22-24H2,1-5H3,(H,47,56)(H,50,53)(H,51,55)/b11-9-/t27-,30-,33+,34+,45-/m1/s1. The zero-order chi connectivity index (χ0) is 44.8. The van der Waals surface area contributed by atoms with Crippen LogP contribution < -0.4 is 24.8 Å². The first-order chi connectivity index (χ1) is 29.9. The van der Waals surface area contributed by atoms with E-state index in [9.17, 15) is 32.0 Å². The number of carbonyl (C=O) groups is 4. The number of carbonyl (C=O) groups excluding carboxylic acids is 4. The molecule has 2 aromatic heterocycles. The van der Waals surface area contributed by atoms with Gasteiger partial charge in [-0.2, -0.15) is 4.98 Å². The maximum atomic E-state index is 14.7. The summed E-state index contributed by atoms with van der Waals surface area (Å²) < 4.78 is 66.6. The van der Waals surface area contributed by atoms with E-state index >= 15 is 0 Å². The highest BCUT2D eigenvalue weighted by molar-refractivity contribution is 7.91. The van der Waals surface area contributed by atoms with Crippen molar-refractivity contribution in [2.75, 3.05) is 6.54 Å². The number of aromatic nitrogens is 2. The predicted molar refractivity (Wildman–Crippen MR) is 229 cm³/mol. The molecule has 18 heteroatoms. The highest BCUT2D eigenvalue weighted by atomic mass is 32.2. The summed E-state index contributed by atoms with van der Waals surface area (Å²) in [6, 6.07) is 8.90. The number of nitrogens with zero attached hydrogens (tertiary/aromatic N) is 3. The molecule has 0 spiro atoms. The lowest BCUT2D eigenvalue weighted by molar-refractivity contribution is -0.141. The van der Waals surface area contributed by atoms with Crippen LogP contribution in [0.4, 0.5) is 9.18 Å². The molecule has 1 saturated heterocycles. The van der Waals surface area contributed by atoms with Crippen LogP contribution in [0.1, 0.15) is 92.4 Å². The van der Waals surface area contributed by atoms with E-state index in [1.165, 1.54) is 17.0 Å². The van der Waals surface area contributed by atoms with Crippen molar-refractivity contribution < 1.29 is 50.6 Å². The first-order valence-corrected chi connectivity index (χ1v) is 23.1. The Morgan fingerprint density at radius 2 is 1.79 bits per heavy atom. The number of hydrogen-bond acceptors (Lipinski definition) is 12. The summed E-state index contributed by atoms with van der Waals surface area (Å²) in [6.07, 6.45) is 5.89. The molecule has 4 aliphatic rings. The minimum absolute atomic E-state index is 0.0216. The number of rotatable bonds is 9. The highest BCUT2D eigenvalue weighted by Gasteiger charge is 2.62. The predicted octanol–water partition coefficient (Wildman–Crippen LogP) is 6.21. The van der Waals surface area contributed by atoms with Gasteiger partial charge in [0, 0.05) is 29.4 Å². The second-order valence-corrected chi connectivity index (χ2v) is 20.1. The molecule has 2 saturated carbocycles. The number of fused-ring (bicyclic) bond motifs is 5. The Balaban J connectivity index is 1.15. The van der Waals surface area contributed by atoms with Crippen LogP contribution in [0.3, 0.4) is 0 Å². The van der Waals surface area contributed by atoms with E-state index < -0.39 is 80.2 Å². The second kappa shape index (κ2) is 17.1. The summed E-state index contributed by atoms with van der Waals surface area (Å²) in [5, 5.41) is 5.43. The number of furan rings is 1. The monoisotopic (exact) mass is 888 g/mol. The van der Waals surface area contributed by atoms with Crippen LogP contribution in [0.25, 0.3) is 33.5 Å². The fraction of sp³-hybridized carbons (Fsp3) is 0.511. The number of alkyl carbamates (subject to hydrolysis) is 1. The van der Waals surface area contributed by atoms with Gasteiger partial charge in [0.2, 0.25) is 27.4 Å². The molecule has 8 rings (SSSR count). The molecule has 16 nitrogen and oxygen atoms in total. The third-order valence-electron chi connectivity index (χ3n) is 11.5. The van der Waals surface area contributed by atoms with E-state index in [2.05, 4.69) is 15.4 Å². The molecule has 63 heavy (non-hydrogen) atoms. The van der Waals surface area contributed by atoms with Gasteiger partial charge in [0.05, 0.1) is 17.9 Å². The van der Waals surface area contributed by atoms with Crippen molar-refractivity contribution in [1.82, 2.24) is 30.2 Å². The van der Waals surface area contributed by atoms with Crippen molar-refractivity contribution in [2.45, 2.75) is 133 Å². The number of nitrogens with one attached hydrogen (secondary N) is 3. The third-order valence-corrected chi connectivity index (χ3v) is 13.4. The smallest absolute Gasteiger partial charge is 0.408 e. The molecule has 0 radical (unpaired) electrons. The van der Waals surface area contributed by atoms with E-state index in [0.717, 1.165) is 6.42 Å². The molecular formula is C45H53FN6O10S. The Morgan fingerprint density at radius 3 is 2.51 bits per heavy atom. The molecule has 3 N–H and O–H groups in total. The van der Waals surface area contributed by atoms with Gasteiger partial charge >= 0.3 is 6.09 Å². The van der Waals surface area contributed by atoms with Crippen LogP contribution in [0.5, 0.6) is 11.6 Å². The topological polar surface area (TPSA) is 208 Å². The maximum absolute atomic E-state index is 14.7. The number of benzene rings is 2. The van der Waals surface area contributed by atoms with Crippen molar-refractivity contribution in [2.24, 2.45) is 5.92 Å². The number of allylic oxidation sites excluding steroid dienone is 1. The van der Waals surface area contributed by atoms with Crippen molar-refractivity contribution in [3.05, 3.63) is 60.4 Å². The molecule has 5 atom stereocenters. The average molecular weight is 889 g/mol. The van der Waals surface area contributed by atoms with Crippen LogP contribution in [0, 0.1) is 11.7 Å². The quantitative estimate of drug-likeness (QED) is 0.160. The molecule has 2 aliphatic heterocycles. The maximum Gasteiger partial charge on any atom is 0.408 e. The van der Waals surface area contributed by atoms with Gasteiger partial charge in [-0.3, -0.25) is 19.1 Å². The molecule has 2 aliphatic carbocycles. The largest absolute Gasteiger partial charge is 0.491 e. The molecule has 4 aromatic rings. The Hall–Kier alpha value is -5.78. The number of amides is 4. The number of ether oxygens (including phenoxy) is 3. The molecule has 4 amide bonds. The molecular weight excluding hydrogens is 836 g/mol. The summed E-state index contributed by atoms with van der Waals surface area (Å²) in [5.74, 6) is -2.25. The average Bonchev–Trinajstić information content (AvgIpc) is 4.11. The minimum atomic E-state index is -3.95. The Bertz CT molecular complexity index is 2570. The molecule has 3 fully saturated rings. The van der Waals surface area contributed by atoms with E-state index in [-0.39, 0.29) is 54.8 Å². The minimum Gasteiger partial charge on any atom is -0.491 e. The van der Waals surface area contributed by atoms with Gasteiger partial charge < -0.3 is 34.2 Å². The second-order valence-electron chi connectivity index (χ2n) is 18.2. The van der Waals surface area contributed by atoms with Gasteiger partial charge in [0.1, 0.15) is 52.0 Å². The number of hydrogen-bond donors (Lipinski definition) is 3. The summed E-state index contributed by atoms with van der Waals surface area (Å²) in [4.78, 5) is 67.3. The van der Waals surface area contributed by atoms with E-state index in [1.54, 1.807) is 51.1 Å². The number of halogens is 1. The molecule has 0 bridgehead atoms. The lowest BCUT2D eigenvalue weighted by Gasteiger charge is -2.30. The lowest BCUT2D eigenvalue weighted by Crippen LogP contribution is -2.58. The van der Waals surface area contributed by atoms with E-state index in [4.69, 9.17) is 28.6 Å². The summed E-state index contributed by atoms with van der Waals surface area (Å²) in [5.41, 5.74) is -1.16. The van der Waals surface area contributed by atoms with E-state index in [1.807, 2.05) is 26.0 Å². The van der Waals surface area contributed by atoms with Gasteiger partial charge in [-0.1, -0.05) is 25.0 Å². The SMILES string of the molecule is CC(C)Oc1ccc(-c2nc(O[C@@H]3C[C@H]4C(=O)N[C@]5(C(=O)NS(=O)(=O)C6CC6)C[C@H]5/C=C\CCCCC[C@H](NC(=O)OC(C)(C)C)C(=O)N4C3)c3oc4cc(F)ccc4c3n2)cc1. The van der Waals surface area contributed by atoms with Crippen molar-refractivity contribution in [1.29, 1.82) is 0 Å². The molecule has 336 valence electrons. The Labute approximate surface area is 364 Å². The Morgan fingerprint density at radius 1 is 1.03 bits per heavy atom. The van der Waals surface area contributed by atoms with Crippen LogP contribution in [-0.4, -0.2) is 94.3 Å². The number of sulfonamides is 1. The van der Waals surface area contributed by atoms with Gasteiger partial charge in [0.25, 0.3) is 11.8 Å². The molecule has 4 heterocycles. The zero-order valence-corrected chi connectivity index (χ0v) is 36.8. The zero-order valence-electron chi connectivity index (χ0n) is 35.9. The first-order valence-electron chi connectivity index (χ1n) is 21.6. The van der Waals surface area contributed by atoms with E-state index in [0.29, 0.717) is 54.3 Å². The molecule has 2 aromatic carbocycles. The summed E-state index contributed by atoms with van der Waals surface area (Å²) in [6.45, 7) is 8.81. The fourth-order valence-corrected chi connectivity index (χ4v) is 9.57. The highest BCUT2D eigenvalue weighted by Crippen LogP contribution is 2.46. The Kier molecular flexibility index (Phi) is 11.9. The fourth-order valence-electron chi connectivity index (χ4n) is 8.21. The van der Waals surface area contributed by atoms with Gasteiger partial charge in [0.15, 0.2) is 5.82 Å².